The first-order valence-corrected chi connectivity index (χ1v) is 6.76. The number of ether oxygens (including phenoxy) is 1. The van der Waals surface area contributed by atoms with Crippen molar-refractivity contribution in [2.24, 2.45) is 0 Å². The second kappa shape index (κ2) is 6.58. The van der Waals surface area contributed by atoms with E-state index < -0.39 is 0 Å². The number of rotatable bonds is 5. The molecule has 1 aromatic rings. The third-order valence-electron chi connectivity index (χ3n) is 3.42. The summed E-state index contributed by atoms with van der Waals surface area (Å²) >= 11 is 0. The minimum atomic E-state index is 0.415. The molecular formula is C12H23N5O. The maximum Gasteiger partial charge on any atom is 0.244 e. The molecule has 1 heterocycles. The zero-order valence-electron chi connectivity index (χ0n) is 11.1. The molecule has 0 atom stereocenters. The summed E-state index contributed by atoms with van der Waals surface area (Å²) in [6.45, 7) is 1.34. The Labute approximate surface area is 108 Å². The molecule has 0 unspecified atom stereocenters. The monoisotopic (exact) mass is 253 g/mol. The van der Waals surface area contributed by atoms with E-state index in [1.54, 1.807) is 7.11 Å². The van der Waals surface area contributed by atoms with Crippen LogP contribution >= 0.6 is 0 Å². The van der Waals surface area contributed by atoms with E-state index in [1.165, 1.54) is 25.7 Å². The van der Waals surface area contributed by atoms with Crippen LogP contribution in [-0.4, -0.2) is 35.0 Å². The normalized spacial score (nSPS) is 17.6. The van der Waals surface area contributed by atoms with Crippen molar-refractivity contribution in [2.45, 2.75) is 44.6 Å². The summed E-state index contributed by atoms with van der Waals surface area (Å²) in [6.07, 6.45) is 7.48. The lowest BCUT2D eigenvalue weighted by Gasteiger charge is -2.14. The smallest absolute Gasteiger partial charge is 0.244 e. The van der Waals surface area contributed by atoms with Crippen LogP contribution in [0.25, 0.3) is 0 Å². The first kappa shape index (κ1) is 13.1. The summed E-state index contributed by atoms with van der Waals surface area (Å²) < 4.78 is 6.87. The van der Waals surface area contributed by atoms with Crippen LogP contribution in [-0.2, 0) is 4.74 Å². The first-order chi connectivity index (χ1) is 8.81. The van der Waals surface area contributed by atoms with Gasteiger partial charge in [-0.15, -0.1) is 5.10 Å². The molecule has 6 heteroatoms. The molecule has 0 amide bonds. The van der Waals surface area contributed by atoms with Crippen molar-refractivity contribution in [1.82, 2.24) is 14.8 Å². The Bertz CT molecular complexity index is 357. The molecule has 1 aliphatic rings. The predicted octanol–water partition coefficient (Wildman–Crippen LogP) is 1.81. The fourth-order valence-corrected chi connectivity index (χ4v) is 2.45. The lowest BCUT2D eigenvalue weighted by atomic mass is 10.1. The van der Waals surface area contributed by atoms with Gasteiger partial charge in [-0.3, -0.25) is 0 Å². The third-order valence-corrected chi connectivity index (χ3v) is 3.42. The highest BCUT2D eigenvalue weighted by Gasteiger charge is 2.18. The van der Waals surface area contributed by atoms with E-state index in [0.29, 0.717) is 31.1 Å². The molecule has 0 saturated heterocycles. The first-order valence-electron chi connectivity index (χ1n) is 6.76. The Kier molecular flexibility index (Phi) is 4.81. The van der Waals surface area contributed by atoms with Gasteiger partial charge in [-0.1, -0.05) is 25.7 Å². The third kappa shape index (κ3) is 3.35. The molecule has 0 spiro atoms. The van der Waals surface area contributed by atoms with E-state index >= 15 is 0 Å². The Morgan fingerprint density at radius 3 is 2.72 bits per heavy atom. The molecule has 18 heavy (non-hydrogen) atoms. The highest BCUT2D eigenvalue weighted by atomic mass is 16.5. The molecule has 0 aliphatic heterocycles. The van der Waals surface area contributed by atoms with Gasteiger partial charge in [-0.2, -0.15) is 4.98 Å². The number of nitrogens with one attached hydrogen (secondary N) is 1. The molecular weight excluding hydrogens is 230 g/mol. The van der Waals surface area contributed by atoms with Gasteiger partial charge in [0.15, 0.2) is 0 Å². The highest BCUT2D eigenvalue weighted by Crippen LogP contribution is 2.28. The van der Waals surface area contributed by atoms with E-state index in [1.807, 2.05) is 4.68 Å². The number of methoxy groups -OCH3 is 1. The fourth-order valence-electron chi connectivity index (χ4n) is 2.45. The number of anilines is 2. The Morgan fingerprint density at radius 1 is 1.33 bits per heavy atom. The summed E-state index contributed by atoms with van der Waals surface area (Å²) in [5.41, 5.74) is 5.95. The van der Waals surface area contributed by atoms with Gasteiger partial charge in [-0.05, 0) is 12.8 Å². The Balaban J connectivity index is 1.98. The van der Waals surface area contributed by atoms with E-state index in [2.05, 4.69) is 15.4 Å². The lowest BCUT2D eigenvalue weighted by molar-refractivity contribution is 0.210. The van der Waals surface area contributed by atoms with E-state index in [-0.39, 0.29) is 0 Å². The molecule has 0 bridgehead atoms. The molecule has 0 radical (unpaired) electrons. The summed E-state index contributed by atoms with van der Waals surface area (Å²) in [7, 11) is 1.67. The van der Waals surface area contributed by atoms with Gasteiger partial charge in [0.05, 0.1) is 12.6 Å². The molecule has 2 rings (SSSR count). The maximum absolute atomic E-state index is 5.95. The van der Waals surface area contributed by atoms with Gasteiger partial charge in [0, 0.05) is 13.7 Å². The standard InChI is InChI=1S/C12H23N5O/c1-18-9-8-14-12-15-11(13)17(16-12)10-6-4-2-3-5-7-10/h10H,2-9H2,1H3,(H3,13,14,15,16). The Morgan fingerprint density at radius 2 is 2.06 bits per heavy atom. The molecule has 1 aromatic heterocycles. The molecule has 3 N–H and O–H groups in total. The van der Waals surface area contributed by atoms with Gasteiger partial charge < -0.3 is 15.8 Å². The van der Waals surface area contributed by atoms with E-state index in [4.69, 9.17) is 10.5 Å². The van der Waals surface area contributed by atoms with Crippen molar-refractivity contribution < 1.29 is 4.74 Å². The minimum absolute atomic E-state index is 0.415. The number of nitrogens with zero attached hydrogens (tertiary/aromatic N) is 3. The predicted molar refractivity (Wildman–Crippen MR) is 71.5 cm³/mol. The molecule has 0 aromatic carbocycles. The van der Waals surface area contributed by atoms with Crippen LogP contribution in [0.3, 0.4) is 0 Å². The maximum atomic E-state index is 5.95. The zero-order chi connectivity index (χ0) is 12.8. The highest BCUT2D eigenvalue weighted by molar-refractivity contribution is 5.31. The van der Waals surface area contributed by atoms with Crippen molar-refractivity contribution in [3.63, 3.8) is 0 Å². The Hall–Kier alpha value is -1.30. The molecule has 1 saturated carbocycles. The molecule has 6 nitrogen and oxygen atoms in total. The van der Waals surface area contributed by atoms with Crippen LogP contribution in [0.1, 0.15) is 44.6 Å². The van der Waals surface area contributed by atoms with Gasteiger partial charge in [0.2, 0.25) is 11.9 Å². The van der Waals surface area contributed by atoms with Crippen LogP contribution in [0.2, 0.25) is 0 Å². The number of nitrogen functional groups attached to an aromatic ring is 1. The number of nitrogens with two attached hydrogens (primary N) is 1. The van der Waals surface area contributed by atoms with Crippen molar-refractivity contribution >= 4 is 11.9 Å². The summed E-state index contributed by atoms with van der Waals surface area (Å²) in [6, 6.07) is 0.415. The average Bonchev–Trinajstić information content (AvgIpc) is 2.58. The number of aromatic nitrogens is 3. The summed E-state index contributed by atoms with van der Waals surface area (Å²) in [4.78, 5) is 4.25. The molecule has 102 valence electrons. The summed E-state index contributed by atoms with van der Waals surface area (Å²) in [5.74, 6) is 1.12. The summed E-state index contributed by atoms with van der Waals surface area (Å²) in [5, 5.41) is 7.57. The van der Waals surface area contributed by atoms with Crippen molar-refractivity contribution in [1.29, 1.82) is 0 Å². The number of hydrogen-bond acceptors (Lipinski definition) is 5. The van der Waals surface area contributed by atoms with E-state index in [0.717, 1.165) is 12.8 Å². The largest absolute Gasteiger partial charge is 0.383 e. The average molecular weight is 253 g/mol. The van der Waals surface area contributed by atoms with Crippen LogP contribution < -0.4 is 11.1 Å². The van der Waals surface area contributed by atoms with Gasteiger partial charge in [-0.25, -0.2) is 4.68 Å². The lowest BCUT2D eigenvalue weighted by Crippen LogP contribution is -2.13. The van der Waals surface area contributed by atoms with Crippen LogP contribution in [0, 0.1) is 0 Å². The van der Waals surface area contributed by atoms with Crippen LogP contribution in [0.15, 0.2) is 0 Å². The number of hydrogen-bond donors (Lipinski definition) is 2. The van der Waals surface area contributed by atoms with Crippen molar-refractivity contribution in [3.8, 4) is 0 Å². The van der Waals surface area contributed by atoms with Crippen LogP contribution in [0.5, 0.6) is 0 Å². The molecule has 1 aliphatic carbocycles. The second-order valence-electron chi connectivity index (χ2n) is 4.80. The van der Waals surface area contributed by atoms with Gasteiger partial charge in [0.1, 0.15) is 0 Å². The van der Waals surface area contributed by atoms with E-state index in [9.17, 15) is 0 Å². The quantitative estimate of drug-likeness (QED) is 0.618. The zero-order valence-corrected chi connectivity index (χ0v) is 11.1. The van der Waals surface area contributed by atoms with Crippen molar-refractivity contribution in [2.75, 3.05) is 31.3 Å². The molecule has 1 fully saturated rings. The topological polar surface area (TPSA) is 78.0 Å². The fraction of sp³-hybridized carbons (Fsp3) is 0.833. The van der Waals surface area contributed by atoms with Gasteiger partial charge >= 0.3 is 0 Å². The van der Waals surface area contributed by atoms with Gasteiger partial charge in [0.25, 0.3) is 0 Å². The SMILES string of the molecule is COCCNc1nc(N)n(C2CCCCCC2)n1. The van der Waals surface area contributed by atoms with Crippen LogP contribution in [0.4, 0.5) is 11.9 Å². The minimum Gasteiger partial charge on any atom is -0.383 e. The van der Waals surface area contributed by atoms with Crippen molar-refractivity contribution in [3.05, 3.63) is 0 Å². The second-order valence-corrected chi connectivity index (χ2v) is 4.80.